The van der Waals surface area contributed by atoms with Crippen LogP contribution in [0.15, 0.2) is 60.8 Å². The first-order valence-corrected chi connectivity index (χ1v) is 8.15. The van der Waals surface area contributed by atoms with Gasteiger partial charge >= 0.3 is 6.09 Å². The highest BCUT2D eigenvalue weighted by atomic mass is 16.5. The minimum absolute atomic E-state index is 0.255. The van der Waals surface area contributed by atoms with Gasteiger partial charge in [0.05, 0.1) is 0 Å². The molecule has 3 aromatic rings. The molecule has 25 heavy (non-hydrogen) atoms. The maximum atomic E-state index is 11.9. The maximum Gasteiger partial charge on any atom is 0.411 e. The number of nitrogens with one attached hydrogen (secondary N) is 1. The van der Waals surface area contributed by atoms with E-state index in [-0.39, 0.29) is 6.61 Å². The van der Waals surface area contributed by atoms with E-state index in [4.69, 9.17) is 4.74 Å². The van der Waals surface area contributed by atoms with Gasteiger partial charge in [-0.25, -0.2) is 4.79 Å². The predicted molar refractivity (Wildman–Crippen MR) is 97.4 cm³/mol. The van der Waals surface area contributed by atoms with Gasteiger partial charge in [-0.2, -0.15) is 5.10 Å². The first-order valence-electron chi connectivity index (χ1n) is 8.15. The number of aryl methyl sites for hydroxylation is 2. The number of amides is 1. The molecule has 1 N–H and O–H groups in total. The van der Waals surface area contributed by atoms with Crippen LogP contribution in [-0.4, -0.2) is 15.9 Å². The van der Waals surface area contributed by atoms with Crippen molar-refractivity contribution in [3.63, 3.8) is 0 Å². The zero-order valence-corrected chi connectivity index (χ0v) is 14.4. The molecule has 128 valence electrons. The van der Waals surface area contributed by atoms with Crippen molar-refractivity contribution < 1.29 is 9.53 Å². The molecule has 2 aromatic carbocycles. The molecule has 0 bridgehead atoms. The van der Waals surface area contributed by atoms with Crippen LogP contribution in [0.5, 0.6) is 0 Å². The van der Waals surface area contributed by atoms with Gasteiger partial charge in [-0.05, 0) is 36.2 Å². The van der Waals surface area contributed by atoms with Crippen LogP contribution in [0.2, 0.25) is 0 Å². The van der Waals surface area contributed by atoms with E-state index in [0.717, 1.165) is 23.2 Å². The summed E-state index contributed by atoms with van der Waals surface area (Å²) in [5.74, 6) is 0. The minimum Gasteiger partial charge on any atom is -0.444 e. The van der Waals surface area contributed by atoms with Crippen molar-refractivity contribution in [1.82, 2.24) is 9.78 Å². The smallest absolute Gasteiger partial charge is 0.411 e. The largest absolute Gasteiger partial charge is 0.444 e. The third kappa shape index (κ3) is 4.70. The summed E-state index contributed by atoms with van der Waals surface area (Å²) in [6, 6.07) is 17.6. The number of aromatic nitrogens is 2. The molecule has 5 nitrogen and oxygen atoms in total. The number of carbonyl (C=O) groups excluding carboxylic acids is 1. The third-order valence-corrected chi connectivity index (χ3v) is 4.00. The van der Waals surface area contributed by atoms with Gasteiger partial charge in [0.2, 0.25) is 0 Å². The molecule has 0 aliphatic rings. The maximum absolute atomic E-state index is 11.9. The molecule has 0 spiro atoms. The van der Waals surface area contributed by atoms with E-state index in [1.807, 2.05) is 73.3 Å². The lowest BCUT2D eigenvalue weighted by atomic mass is 10.1. The van der Waals surface area contributed by atoms with Gasteiger partial charge in [-0.1, -0.05) is 42.0 Å². The fourth-order valence-electron chi connectivity index (χ4n) is 2.48. The van der Waals surface area contributed by atoms with E-state index in [2.05, 4.69) is 10.4 Å². The second-order valence-electron chi connectivity index (χ2n) is 6.01. The average Bonchev–Trinajstić information content (AvgIpc) is 3.01. The molecular weight excluding hydrogens is 314 g/mol. The quantitative estimate of drug-likeness (QED) is 0.765. The van der Waals surface area contributed by atoms with Crippen LogP contribution < -0.4 is 5.32 Å². The molecule has 0 aliphatic heterocycles. The van der Waals surface area contributed by atoms with Crippen molar-refractivity contribution in [2.45, 2.75) is 20.0 Å². The summed E-state index contributed by atoms with van der Waals surface area (Å²) < 4.78 is 7.10. The summed E-state index contributed by atoms with van der Waals surface area (Å²) in [6.07, 6.45) is 2.13. The van der Waals surface area contributed by atoms with Gasteiger partial charge in [0.25, 0.3) is 0 Å². The lowest BCUT2D eigenvalue weighted by Gasteiger charge is -2.08. The van der Waals surface area contributed by atoms with Crippen molar-refractivity contribution >= 4 is 11.8 Å². The van der Waals surface area contributed by atoms with Crippen molar-refractivity contribution in [1.29, 1.82) is 0 Å². The molecule has 0 atom stereocenters. The molecule has 1 aromatic heterocycles. The van der Waals surface area contributed by atoms with E-state index in [1.54, 1.807) is 6.20 Å². The van der Waals surface area contributed by atoms with Crippen LogP contribution in [0.1, 0.15) is 22.4 Å². The Morgan fingerprint density at radius 2 is 1.72 bits per heavy atom. The highest BCUT2D eigenvalue weighted by Gasteiger charge is 2.05. The molecule has 5 heteroatoms. The van der Waals surface area contributed by atoms with Gasteiger partial charge in [-0.3, -0.25) is 10.00 Å². The normalized spacial score (nSPS) is 10.5. The molecule has 0 unspecified atom stereocenters. The van der Waals surface area contributed by atoms with E-state index in [9.17, 15) is 4.79 Å². The summed E-state index contributed by atoms with van der Waals surface area (Å²) in [7, 11) is 1.93. The molecular formula is C20H21N3O2. The highest BCUT2D eigenvalue weighted by Crippen LogP contribution is 2.14. The van der Waals surface area contributed by atoms with Gasteiger partial charge in [0.1, 0.15) is 6.61 Å². The first-order chi connectivity index (χ1) is 12.1. The Balaban J connectivity index is 1.51. The second kappa shape index (κ2) is 7.66. The topological polar surface area (TPSA) is 56.1 Å². The molecule has 0 radical (unpaired) electrons. The van der Waals surface area contributed by atoms with Gasteiger partial charge in [0.15, 0.2) is 0 Å². The lowest BCUT2D eigenvalue weighted by molar-refractivity contribution is 0.155. The predicted octanol–water partition coefficient (Wildman–Crippen LogP) is 4.07. The average molecular weight is 335 g/mol. The summed E-state index contributed by atoms with van der Waals surface area (Å²) in [5, 5.41) is 6.91. The van der Waals surface area contributed by atoms with Crippen LogP contribution in [0.3, 0.4) is 0 Å². The van der Waals surface area contributed by atoms with Crippen LogP contribution >= 0.6 is 0 Å². The number of nitrogens with zero attached hydrogens (tertiary/aromatic N) is 2. The van der Waals surface area contributed by atoms with E-state index >= 15 is 0 Å². The lowest BCUT2D eigenvalue weighted by Crippen LogP contribution is -2.13. The van der Waals surface area contributed by atoms with Crippen molar-refractivity contribution in [2.24, 2.45) is 7.05 Å². The number of rotatable bonds is 5. The molecule has 3 rings (SSSR count). The van der Waals surface area contributed by atoms with Gasteiger partial charge in [0, 0.05) is 31.0 Å². The van der Waals surface area contributed by atoms with Gasteiger partial charge < -0.3 is 4.74 Å². The number of hydrogen-bond donors (Lipinski definition) is 1. The zero-order chi connectivity index (χ0) is 17.6. The Morgan fingerprint density at radius 3 is 2.36 bits per heavy atom. The Morgan fingerprint density at radius 1 is 1.04 bits per heavy atom. The second-order valence-corrected chi connectivity index (χ2v) is 6.01. The third-order valence-electron chi connectivity index (χ3n) is 4.00. The summed E-state index contributed by atoms with van der Waals surface area (Å²) in [5.41, 5.74) is 5.15. The number of carbonyl (C=O) groups is 1. The molecule has 0 aliphatic carbocycles. The van der Waals surface area contributed by atoms with Crippen molar-refractivity contribution in [3.8, 4) is 0 Å². The number of benzene rings is 2. The van der Waals surface area contributed by atoms with Crippen LogP contribution in [0, 0.1) is 6.92 Å². The number of anilines is 1. The number of hydrogen-bond acceptors (Lipinski definition) is 3. The Bertz CT molecular complexity index is 836. The summed E-state index contributed by atoms with van der Waals surface area (Å²) in [4.78, 5) is 11.9. The highest BCUT2D eigenvalue weighted by molar-refractivity contribution is 5.84. The number of ether oxygens (including phenoxy) is 1. The fourth-order valence-corrected chi connectivity index (χ4v) is 2.48. The Hall–Kier alpha value is -3.08. The Labute approximate surface area is 147 Å². The van der Waals surface area contributed by atoms with Crippen LogP contribution in [-0.2, 0) is 24.8 Å². The summed E-state index contributed by atoms with van der Waals surface area (Å²) >= 11 is 0. The minimum atomic E-state index is -0.458. The zero-order valence-electron chi connectivity index (χ0n) is 14.4. The van der Waals surface area contributed by atoms with E-state index in [1.165, 1.54) is 5.56 Å². The van der Waals surface area contributed by atoms with Crippen LogP contribution in [0.25, 0.3) is 0 Å². The molecule has 1 heterocycles. The molecule has 0 fully saturated rings. The fraction of sp³-hybridized carbons (Fsp3) is 0.200. The molecule has 0 saturated heterocycles. The van der Waals surface area contributed by atoms with E-state index in [0.29, 0.717) is 5.69 Å². The molecule has 0 saturated carbocycles. The summed E-state index contributed by atoms with van der Waals surface area (Å²) in [6.45, 7) is 2.28. The van der Waals surface area contributed by atoms with E-state index < -0.39 is 6.09 Å². The molecule has 1 amide bonds. The van der Waals surface area contributed by atoms with Crippen molar-refractivity contribution in [2.75, 3.05) is 5.32 Å². The van der Waals surface area contributed by atoms with Gasteiger partial charge in [-0.15, -0.1) is 0 Å². The SMILES string of the molecule is Cc1ccc(COC(=O)Nc2ccc(Cc3ccnn3C)cc2)cc1. The Kier molecular flexibility index (Phi) is 5.14. The first kappa shape index (κ1) is 16.8. The van der Waals surface area contributed by atoms with Crippen LogP contribution in [0.4, 0.5) is 10.5 Å². The standard InChI is InChI=1S/C20H21N3O2/c1-15-3-5-17(6-4-15)14-25-20(24)22-18-9-7-16(8-10-18)13-19-11-12-21-23(19)2/h3-12H,13-14H2,1-2H3,(H,22,24). The van der Waals surface area contributed by atoms with Crippen molar-refractivity contribution in [3.05, 3.63) is 83.2 Å². The monoisotopic (exact) mass is 335 g/mol.